The SMILES string of the molecule is C=C1CN(C(=O)c2ccc(F)cc2)CCN1/C(=N\CC)c1nc(C)ns1. The van der Waals surface area contributed by atoms with Crippen LogP contribution in [0.2, 0.25) is 0 Å². The van der Waals surface area contributed by atoms with Crippen LogP contribution in [0.25, 0.3) is 0 Å². The van der Waals surface area contributed by atoms with Crippen LogP contribution in [-0.2, 0) is 0 Å². The lowest BCUT2D eigenvalue weighted by atomic mass is 10.1. The molecule has 0 atom stereocenters. The van der Waals surface area contributed by atoms with E-state index in [0.717, 1.165) is 16.5 Å². The molecule has 0 unspecified atom stereocenters. The molecule has 0 spiro atoms. The number of amides is 1. The molecular weight excluding hydrogens is 353 g/mol. The Bertz CT molecular complexity index is 846. The normalized spacial score (nSPS) is 15.5. The number of halogens is 1. The van der Waals surface area contributed by atoms with E-state index in [1.165, 1.54) is 35.8 Å². The maximum Gasteiger partial charge on any atom is 0.254 e. The van der Waals surface area contributed by atoms with Crippen molar-refractivity contribution in [1.29, 1.82) is 0 Å². The lowest BCUT2D eigenvalue weighted by Crippen LogP contribution is -2.49. The fourth-order valence-electron chi connectivity index (χ4n) is 2.77. The first-order valence-electron chi connectivity index (χ1n) is 8.35. The number of aryl methyl sites for hydroxylation is 1. The summed E-state index contributed by atoms with van der Waals surface area (Å²) in [7, 11) is 0. The van der Waals surface area contributed by atoms with Gasteiger partial charge in [-0.05, 0) is 49.6 Å². The van der Waals surface area contributed by atoms with Crippen molar-refractivity contribution in [3.8, 4) is 0 Å². The number of benzene rings is 1. The van der Waals surface area contributed by atoms with Gasteiger partial charge in [0.15, 0.2) is 10.8 Å². The molecule has 1 aliphatic heterocycles. The highest BCUT2D eigenvalue weighted by Crippen LogP contribution is 2.19. The van der Waals surface area contributed by atoms with Gasteiger partial charge in [-0.2, -0.15) is 4.37 Å². The van der Waals surface area contributed by atoms with E-state index >= 15 is 0 Å². The van der Waals surface area contributed by atoms with Crippen molar-refractivity contribution in [3.63, 3.8) is 0 Å². The third-order valence-corrected chi connectivity index (χ3v) is 4.81. The highest BCUT2D eigenvalue weighted by molar-refractivity contribution is 7.07. The zero-order chi connectivity index (χ0) is 18.7. The van der Waals surface area contributed by atoms with Crippen LogP contribution in [0.5, 0.6) is 0 Å². The molecule has 1 aliphatic rings. The zero-order valence-electron chi connectivity index (χ0n) is 14.8. The van der Waals surface area contributed by atoms with Gasteiger partial charge in [-0.15, -0.1) is 0 Å². The molecule has 0 N–H and O–H groups in total. The van der Waals surface area contributed by atoms with Crippen molar-refractivity contribution in [1.82, 2.24) is 19.2 Å². The molecule has 1 amide bonds. The lowest BCUT2D eigenvalue weighted by molar-refractivity contribution is 0.0728. The Morgan fingerprint density at radius 2 is 2.08 bits per heavy atom. The van der Waals surface area contributed by atoms with Crippen LogP contribution in [-0.4, -0.2) is 57.1 Å². The summed E-state index contributed by atoms with van der Waals surface area (Å²) in [6, 6.07) is 5.59. The molecule has 1 aromatic carbocycles. The molecule has 1 fully saturated rings. The highest BCUT2D eigenvalue weighted by atomic mass is 32.1. The third kappa shape index (κ3) is 3.80. The molecule has 1 aromatic heterocycles. The molecule has 1 saturated heterocycles. The predicted octanol–water partition coefficient (Wildman–Crippen LogP) is 2.72. The van der Waals surface area contributed by atoms with Gasteiger partial charge >= 0.3 is 0 Å². The van der Waals surface area contributed by atoms with Crippen molar-refractivity contribution in [3.05, 3.63) is 58.8 Å². The average molecular weight is 373 g/mol. The number of carbonyl (C=O) groups is 1. The van der Waals surface area contributed by atoms with Crippen molar-refractivity contribution >= 4 is 23.3 Å². The van der Waals surface area contributed by atoms with Crippen molar-refractivity contribution < 1.29 is 9.18 Å². The maximum absolute atomic E-state index is 13.1. The Hall–Kier alpha value is -2.61. The van der Waals surface area contributed by atoms with Crippen LogP contribution in [0.1, 0.15) is 28.1 Å². The van der Waals surface area contributed by atoms with E-state index in [1.807, 2.05) is 18.7 Å². The number of nitrogens with zero attached hydrogens (tertiary/aromatic N) is 5. The molecule has 0 saturated carbocycles. The standard InChI is InChI=1S/C18H20FN5OS/c1-4-20-16(17-21-13(3)22-26-17)24-10-9-23(11-12(24)2)18(25)14-5-7-15(19)8-6-14/h5-8H,2,4,9-11H2,1,3H3/b20-16-. The molecule has 2 aromatic rings. The van der Waals surface area contributed by atoms with Crippen LogP contribution in [0, 0.1) is 12.7 Å². The molecule has 136 valence electrons. The van der Waals surface area contributed by atoms with Gasteiger partial charge in [-0.1, -0.05) is 6.58 Å². The monoisotopic (exact) mass is 373 g/mol. The molecular formula is C18H20FN5OS. The highest BCUT2D eigenvalue weighted by Gasteiger charge is 2.28. The second-order valence-corrected chi connectivity index (χ2v) is 6.65. The second-order valence-electron chi connectivity index (χ2n) is 5.90. The number of amidine groups is 1. The van der Waals surface area contributed by atoms with Crippen LogP contribution >= 0.6 is 11.5 Å². The lowest BCUT2D eigenvalue weighted by Gasteiger charge is -2.37. The first-order chi connectivity index (χ1) is 12.5. The minimum absolute atomic E-state index is 0.133. The van der Waals surface area contributed by atoms with Crippen molar-refractivity contribution in [2.24, 2.45) is 4.99 Å². The molecule has 6 nitrogen and oxygen atoms in total. The molecule has 0 bridgehead atoms. The quantitative estimate of drug-likeness (QED) is 0.613. The Morgan fingerprint density at radius 1 is 1.35 bits per heavy atom. The molecule has 0 radical (unpaired) electrons. The predicted molar refractivity (Wildman–Crippen MR) is 99.9 cm³/mol. The van der Waals surface area contributed by atoms with E-state index in [2.05, 4.69) is 20.9 Å². The van der Waals surface area contributed by atoms with E-state index in [-0.39, 0.29) is 11.7 Å². The fraction of sp³-hybridized carbons (Fsp3) is 0.333. The van der Waals surface area contributed by atoms with Crippen LogP contribution < -0.4 is 0 Å². The molecule has 2 heterocycles. The Labute approximate surface area is 155 Å². The molecule has 26 heavy (non-hydrogen) atoms. The first kappa shape index (κ1) is 18.2. The van der Waals surface area contributed by atoms with E-state index in [0.29, 0.717) is 37.6 Å². The number of hydrogen-bond acceptors (Lipinski definition) is 5. The summed E-state index contributed by atoms with van der Waals surface area (Å²) in [4.78, 5) is 25.3. The van der Waals surface area contributed by atoms with Crippen LogP contribution in [0.3, 0.4) is 0 Å². The Morgan fingerprint density at radius 3 is 2.65 bits per heavy atom. The number of carbonyl (C=O) groups excluding carboxylic acids is 1. The van der Waals surface area contributed by atoms with Crippen molar-refractivity contribution in [2.75, 3.05) is 26.2 Å². The zero-order valence-corrected chi connectivity index (χ0v) is 15.6. The van der Waals surface area contributed by atoms with Crippen LogP contribution in [0.4, 0.5) is 4.39 Å². The number of aromatic nitrogens is 2. The summed E-state index contributed by atoms with van der Waals surface area (Å²) in [5.41, 5.74) is 1.24. The summed E-state index contributed by atoms with van der Waals surface area (Å²) < 4.78 is 17.3. The summed E-state index contributed by atoms with van der Waals surface area (Å²) in [6.45, 7) is 10.0. The Kier molecular flexibility index (Phi) is 5.41. The van der Waals surface area contributed by atoms with Gasteiger partial charge in [0.2, 0.25) is 0 Å². The number of rotatable bonds is 3. The summed E-state index contributed by atoms with van der Waals surface area (Å²) in [5.74, 6) is 0.969. The van der Waals surface area contributed by atoms with Gasteiger partial charge in [0.05, 0.1) is 6.54 Å². The first-order valence-corrected chi connectivity index (χ1v) is 9.12. The van der Waals surface area contributed by atoms with Gasteiger partial charge in [0.1, 0.15) is 11.6 Å². The average Bonchev–Trinajstić information content (AvgIpc) is 3.06. The van der Waals surface area contributed by atoms with Gasteiger partial charge in [-0.25, -0.2) is 9.37 Å². The van der Waals surface area contributed by atoms with E-state index in [1.54, 1.807) is 4.90 Å². The second kappa shape index (κ2) is 7.74. The maximum atomic E-state index is 13.1. The minimum Gasteiger partial charge on any atom is -0.331 e. The Balaban J connectivity index is 1.75. The summed E-state index contributed by atoms with van der Waals surface area (Å²) in [5, 5.41) is 0.754. The number of piperazine rings is 1. The van der Waals surface area contributed by atoms with E-state index < -0.39 is 0 Å². The third-order valence-electron chi connectivity index (χ3n) is 4.01. The summed E-state index contributed by atoms with van der Waals surface area (Å²) in [6.07, 6.45) is 0. The van der Waals surface area contributed by atoms with Crippen LogP contribution in [0.15, 0.2) is 41.5 Å². The molecule has 0 aliphatic carbocycles. The van der Waals surface area contributed by atoms with Gasteiger partial charge < -0.3 is 9.80 Å². The molecule has 3 rings (SSSR count). The van der Waals surface area contributed by atoms with E-state index in [4.69, 9.17) is 0 Å². The van der Waals surface area contributed by atoms with Crippen molar-refractivity contribution in [2.45, 2.75) is 13.8 Å². The smallest absolute Gasteiger partial charge is 0.254 e. The molecule has 8 heteroatoms. The fourth-order valence-corrected chi connectivity index (χ4v) is 3.46. The number of hydrogen-bond donors (Lipinski definition) is 0. The summed E-state index contributed by atoms with van der Waals surface area (Å²) >= 11 is 1.31. The van der Waals surface area contributed by atoms with Gasteiger partial charge in [0, 0.05) is 30.9 Å². The minimum atomic E-state index is -0.358. The largest absolute Gasteiger partial charge is 0.331 e. The van der Waals surface area contributed by atoms with Gasteiger partial charge in [0.25, 0.3) is 5.91 Å². The van der Waals surface area contributed by atoms with E-state index in [9.17, 15) is 9.18 Å². The topological polar surface area (TPSA) is 61.7 Å². The number of aliphatic imine (C=N–C) groups is 1. The van der Waals surface area contributed by atoms with Gasteiger partial charge in [-0.3, -0.25) is 9.79 Å².